The fraction of sp³-hybridized carbons (Fsp3) is 0.524. The number of pyridine rings is 1. The standard InChI is InChI=1S/C21H29N3O/c1-2-14-22-15-13-16-7-10-18(11-8-16)23-21(25)20-12-9-17-5-3-4-6-19(17)24-20/h3-6,9,12,16,18,22H,2,7-8,10-11,13-15H2,1H3,(H,23,25). The van der Waals surface area contributed by atoms with E-state index in [9.17, 15) is 4.79 Å². The molecule has 0 saturated heterocycles. The van der Waals surface area contributed by atoms with Crippen LogP contribution in [0.4, 0.5) is 0 Å². The Labute approximate surface area is 150 Å². The Morgan fingerprint density at radius 2 is 1.88 bits per heavy atom. The average molecular weight is 339 g/mol. The summed E-state index contributed by atoms with van der Waals surface area (Å²) in [6.07, 6.45) is 7.04. The minimum atomic E-state index is -0.0428. The zero-order chi connectivity index (χ0) is 17.5. The van der Waals surface area contributed by atoms with Gasteiger partial charge in [-0.25, -0.2) is 4.98 Å². The predicted molar refractivity (Wildman–Crippen MR) is 103 cm³/mol. The van der Waals surface area contributed by atoms with Gasteiger partial charge in [-0.1, -0.05) is 31.2 Å². The van der Waals surface area contributed by atoms with Crippen LogP contribution < -0.4 is 10.6 Å². The van der Waals surface area contributed by atoms with Gasteiger partial charge in [-0.3, -0.25) is 4.79 Å². The van der Waals surface area contributed by atoms with Crippen LogP contribution in [0.25, 0.3) is 10.9 Å². The second-order valence-electron chi connectivity index (χ2n) is 7.12. The summed E-state index contributed by atoms with van der Waals surface area (Å²) in [7, 11) is 0. The lowest BCUT2D eigenvalue weighted by atomic mass is 9.84. The van der Waals surface area contributed by atoms with Gasteiger partial charge in [0.1, 0.15) is 5.69 Å². The maximum atomic E-state index is 12.5. The van der Waals surface area contributed by atoms with Gasteiger partial charge in [-0.05, 0) is 69.7 Å². The van der Waals surface area contributed by atoms with Crippen LogP contribution in [-0.2, 0) is 0 Å². The van der Waals surface area contributed by atoms with Crippen LogP contribution in [0.15, 0.2) is 36.4 Å². The summed E-state index contributed by atoms with van der Waals surface area (Å²) in [5, 5.41) is 7.73. The zero-order valence-corrected chi connectivity index (χ0v) is 15.1. The maximum Gasteiger partial charge on any atom is 0.270 e. The molecule has 0 spiro atoms. The number of hydrogen-bond donors (Lipinski definition) is 2. The number of fused-ring (bicyclic) bond motifs is 1. The zero-order valence-electron chi connectivity index (χ0n) is 15.1. The second-order valence-corrected chi connectivity index (χ2v) is 7.12. The molecule has 0 bridgehead atoms. The lowest BCUT2D eigenvalue weighted by molar-refractivity contribution is 0.0916. The minimum absolute atomic E-state index is 0.0428. The van der Waals surface area contributed by atoms with Crippen LogP contribution in [0.3, 0.4) is 0 Å². The molecule has 1 aliphatic carbocycles. The molecule has 4 heteroatoms. The molecule has 1 amide bonds. The van der Waals surface area contributed by atoms with E-state index in [1.165, 1.54) is 25.7 Å². The van der Waals surface area contributed by atoms with Gasteiger partial charge in [-0.15, -0.1) is 0 Å². The van der Waals surface area contributed by atoms with Crippen molar-refractivity contribution in [1.82, 2.24) is 15.6 Å². The monoisotopic (exact) mass is 339 g/mol. The van der Waals surface area contributed by atoms with E-state index in [0.717, 1.165) is 42.8 Å². The van der Waals surface area contributed by atoms with Crippen LogP contribution >= 0.6 is 0 Å². The van der Waals surface area contributed by atoms with Gasteiger partial charge < -0.3 is 10.6 Å². The molecular formula is C21H29N3O. The van der Waals surface area contributed by atoms with E-state index in [2.05, 4.69) is 22.5 Å². The first kappa shape index (κ1) is 17.9. The fourth-order valence-electron chi connectivity index (χ4n) is 3.66. The van der Waals surface area contributed by atoms with Crippen LogP contribution in [-0.4, -0.2) is 30.0 Å². The summed E-state index contributed by atoms with van der Waals surface area (Å²) in [5.41, 5.74) is 1.39. The first-order chi connectivity index (χ1) is 12.3. The van der Waals surface area contributed by atoms with E-state index in [4.69, 9.17) is 0 Å². The number of hydrogen-bond acceptors (Lipinski definition) is 3. The molecule has 0 radical (unpaired) electrons. The van der Waals surface area contributed by atoms with E-state index in [1.807, 2.05) is 36.4 Å². The van der Waals surface area contributed by atoms with Crippen LogP contribution in [0, 0.1) is 5.92 Å². The summed E-state index contributed by atoms with van der Waals surface area (Å²) in [6.45, 7) is 4.44. The summed E-state index contributed by atoms with van der Waals surface area (Å²) in [6, 6.07) is 12.0. The highest BCUT2D eigenvalue weighted by Crippen LogP contribution is 2.26. The number of nitrogens with zero attached hydrogens (tertiary/aromatic N) is 1. The van der Waals surface area contributed by atoms with Crippen molar-refractivity contribution in [3.63, 3.8) is 0 Å². The second kappa shape index (κ2) is 8.95. The molecule has 2 aromatic rings. The van der Waals surface area contributed by atoms with Gasteiger partial charge in [0.2, 0.25) is 0 Å². The Kier molecular flexibility index (Phi) is 6.40. The highest BCUT2D eigenvalue weighted by molar-refractivity contribution is 5.95. The summed E-state index contributed by atoms with van der Waals surface area (Å²) in [4.78, 5) is 17.0. The molecule has 1 saturated carbocycles. The number of nitrogens with one attached hydrogen (secondary N) is 2. The molecule has 3 rings (SSSR count). The number of carbonyl (C=O) groups excluding carboxylic acids is 1. The lowest BCUT2D eigenvalue weighted by Crippen LogP contribution is -2.38. The lowest BCUT2D eigenvalue weighted by Gasteiger charge is -2.29. The SMILES string of the molecule is CCCNCCC1CCC(NC(=O)c2ccc3ccccc3n2)CC1. The molecule has 1 heterocycles. The largest absolute Gasteiger partial charge is 0.348 e. The predicted octanol–water partition coefficient (Wildman–Crippen LogP) is 3.91. The highest BCUT2D eigenvalue weighted by Gasteiger charge is 2.22. The first-order valence-electron chi connectivity index (χ1n) is 9.63. The Bertz CT molecular complexity index is 692. The Hall–Kier alpha value is -1.94. The fourth-order valence-corrected chi connectivity index (χ4v) is 3.66. The molecule has 0 unspecified atom stereocenters. The van der Waals surface area contributed by atoms with E-state index in [1.54, 1.807) is 0 Å². The van der Waals surface area contributed by atoms with Crippen molar-refractivity contribution in [1.29, 1.82) is 0 Å². The third-order valence-electron chi connectivity index (χ3n) is 5.17. The number of aromatic nitrogens is 1. The number of para-hydroxylation sites is 1. The molecule has 0 aliphatic heterocycles. The molecular weight excluding hydrogens is 310 g/mol. The number of benzene rings is 1. The van der Waals surface area contributed by atoms with E-state index in [0.29, 0.717) is 11.7 Å². The van der Waals surface area contributed by atoms with Gasteiger partial charge in [0.15, 0.2) is 0 Å². The van der Waals surface area contributed by atoms with Gasteiger partial charge in [0.25, 0.3) is 5.91 Å². The van der Waals surface area contributed by atoms with Crippen molar-refractivity contribution in [2.45, 2.75) is 51.5 Å². The molecule has 25 heavy (non-hydrogen) atoms. The van der Waals surface area contributed by atoms with Crippen molar-refractivity contribution in [3.05, 3.63) is 42.1 Å². The van der Waals surface area contributed by atoms with E-state index in [-0.39, 0.29) is 5.91 Å². The molecule has 0 atom stereocenters. The molecule has 4 nitrogen and oxygen atoms in total. The Morgan fingerprint density at radius 1 is 1.08 bits per heavy atom. The van der Waals surface area contributed by atoms with E-state index >= 15 is 0 Å². The number of carbonyl (C=O) groups is 1. The minimum Gasteiger partial charge on any atom is -0.348 e. The Morgan fingerprint density at radius 3 is 2.68 bits per heavy atom. The van der Waals surface area contributed by atoms with Gasteiger partial charge in [0.05, 0.1) is 5.52 Å². The van der Waals surface area contributed by atoms with Gasteiger partial charge in [-0.2, -0.15) is 0 Å². The number of rotatable bonds is 7. The van der Waals surface area contributed by atoms with E-state index < -0.39 is 0 Å². The maximum absolute atomic E-state index is 12.5. The molecule has 1 aromatic heterocycles. The third kappa shape index (κ3) is 5.02. The molecule has 2 N–H and O–H groups in total. The normalized spacial score (nSPS) is 20.5. The highest BCUT2D eigenvalue weighted by atomic mass is 16.1. The smallest absolute Gasteiger partial charge is 0.270 e. The topological polar surface area (TPSA) is 54.0 Å². The Balaban J connectivity index is 1.47. The summed E-state index contributed by atoms with van der Waals surface area (Å²) in [5.74, 6) is 0.759. The summed E-state index contributed by atoms with van der Waals surface area (Å²) >= 11 is 0. The average Bonchev–Trinajstić information content (AvgIpc) is 2.66. The quantitative estimate of drug-likeness (QED) is 0.752. The van der Waals surface area contributed by atoms with Crippen molar-refractivity contribution >= 4 is 16.8 Å². The summed E-state index contributed by atoms with van der Waals surface area (Å²) < 4.78 is 0. The van der Waals surface area contributed by atoms with Gasteiger partial charge >= 0.3 is 0 Å². The molecule has 1 aliphatic rings. The first-order valence-corrected chi connectivity index (χ1v) is 9.63. The van der Waals surface area contributed by atoms with Crippen molar-refractivity contribution in [2.24, 2.45) is 5.92 Å². The van der Waals surface area contributed by atoms with Crippen LogP contribution in [0.1, 0.15) is 55.9 Å². The molecule has 1 aromatic carbocycles. The van der Waals surface area contributed by atoms with Crippen LogP contribution in [0.2, 0.25) is 0 Å². The van der Waals surface area contributed by atoms with Crippen molar-refractivity contribution in [3.8, 4) is 0 Å². The van der Waals surface area contributed by atoms with Gasteiger partial charge in [0, 0.05) is 11.4 Å². The van der Waals surface area contributed by atoms with Crippen molar-refractivity contribution < 1.29 is 4.79 Å². The molecule has 134 valence electrons. The third-order valence-corrected chi connectivity index (χ3v) is 5.17. The van der Waals surface area contributed by atoms with Crippen molar-refractivity contribution in [2.75, 3.05) is 13.1 Å². The molecule has 1 fully saturated rings. The van der Waals surface area contributed by atoms with Crippen LogP contribution in [0.5, 0.6) is 0 Å². The number of amides is 1.